The van der Waals surface area contributed by atoms with E-state index in [1.807, 2.05) is 0 Å². The Labute approximate surface area is 150 Å². The van der Waals surface area contributed by atoms with Crippen LogP contribution < -0.4 is 9.46 Å². The first-order chi connectivity index (χ1) is 12.3. The van der Waals surface area contributed by atoms with Crippen molar-refractivity contribution in [3.8, 4) is 5.75 Å². The van der Waals surface area contributed by atoms with Gasteiger partial charge in [0.1, 0.15) is 16.5 Å². The fourth-order valence-corrected chi connectivity index (χ4v) is 3.65. The number of halogens is 1. The largest absolute Gasteiger partial charge is 0.423 e. The third kappa shape index (κ3) is 4.14. The summed E-state index contributed by atoms with van der Waals surface area (Å²) < 4.78 is 45.9. The zero-order chi connectivity index (χ0) is 18.9. The van der Waals surface area contributed by atoms with Crippen LogP contribution in [0.5, 0.6) is 5.75 Å². The van der Waals surface area contributed by atoms with Crippen LogP contribution in [-0.2, 0) is 10.0 Å². The van der Waals surface area contributed by atoms with Crippen LogP contribution in [0.1, 0.15) is 40.5 Å². The lowest BCUT2D eigenvalue weighted by atomic mass is 10.1. The van der Waals surface area contributed by atoms with E-state index in [0.29, 0.717) is 18.4 Å². The molecule has 0 atom stereocenters. The number of benzene rings is 2. The normalized spacial score (nSPS) is 14.1. The first-order valence-corrected chi connectivity index (χ1v) is 9.39. The van der Waals surface area contributed by atoms with Gasteiger partial charge in [0.05, 0.1) is 5.56 Å². The van der Waals surface area contributed by atoms with Crippen molar-refractivity contribution in [1.82, 2.24) is 4.72 Å². The second kappa shape index (κ2) is 6.97. The standard InChI is InChI=1S/C18H16FNO5S/c1-11(21)12-2-7-15(8-3-12)25-18(22)13-4-9-16(19)17(10-13)26(23,24)20-14-5-6-14/h2-4,7-10,14,20H,5-6H2,1H3. The maximum atomic E-state index is 13.9. The maximum Gasteiger partial charge on any atom is 0.343 e. The lowest BCUT2D eigenvalue weighted by Crippen LogP contribution is -2.27. The summed E-state index contributed by atoms with van der Waals surface area (Å²) in [5.41, 5.74) is 0.365. The first-order valence-electron chi connectivity index (χ1n) is 7.91. The molecule has 0 unspecified atom stereocenters. The van der Waals surface area contributed by atoms with Gasteiger partial charge >= 0.3 is 5.97 Å². The van der Waals surface area contributed by atoms with E-state index in [1.165, 1.54) is 31.2 Å². The van der Waals surface area contributed by atoms with Crippen molar-refractivity contribution in [3.05, 3.63) is 59.4 Å². The van der Waals surface area contributed by atoms with Gasteiger partial charge in [0.2, 0.25) is 10.0 Å². The molecule has 0 aromatic heterocycles. The van der Waals surface area contributed by atoms with Gasteiger partial charge in [-0.15, -0.1) is 0 Å². The smallest absolute Gasteiger partial charge is 0.343 e. The number of sulfonamides is 1. The molecule has 0 bridgehead atoms. The Morgan fingerprint density at radius 2 is 1.69 bits per heavy atom. The zero-order valence-electron chi connectivity index (χ0n) is 13.9. The van der Waals surface area contributed by atoms with Crippen LogP contribution in [0.25, 0.3) is 0 Å². The van der Waals surface area contributed by atoms with Gasteiger partial charge < -0.3 is 4.74 Å². The predicted octanol–water partition coefficient (Wildman–Crippen LogP) is 2.69. The van der Waals surface area contributed by atoms with Crippen LogP contribution in [0.3, 0.4) is 0 Å². The first kappa shape index (κ1) is 18.2. The van der Waals surface area contributed by atoms with Crippen molar-refractivity contribution in [2.75, 3.05) is 0 Å². The number of Topliss-reactive ketones (excluding diaryl/α,β-unsaturated/α-hetero) is 1. The Hall–Kier alpha value is -2.58. The minimum absolute atomic E-state index is 0.0989. The van der Waals surface area contributed by atoms with Crippen molar-refractivity contribution in [2.45, 2.75) is 30.7 Å². The zero-order valence-corrected chi connectivity index (χ0v) is 14.7. The highest BCUT2D eigenvalue weighted by Gasteiger charge is 2.30. The molecule has 26 heavy (non-hydrogen) atoms. The van der Waals surface area contributed by atoms with Crippen molar-refractivity contribution in [1.29, 1.82) is 0 Å². The SMILES string of the molecule is CC(=O)c1ccc(OC(=O)c2ccc(F)c(S(=O)(=O)NC3CC3)c2)cc1. The highest BCUT2D eigenvalue weighted by atomic mass is 32.2. The predicted molar refractivity (Wildman–Crippen MR) is 91.1 cm³/mol. The second-order valence-electron chi connectivity index (χ2n) is 6.01. The molecular weight excluding hydrogens is 361 g/mol. The summed E-state index contributed by atoms with van der Waals surface area (Å²) >= 11 is 0. The molecule has 0 radical (unpaired) electrons. The Morgan fingerprint density at radius 3 is 2.27 bits per heavy atom. The molecule has 1 aliphatic rings. The second-order valence-corrected chi connectivity index (χ2v) is 7.69. The van der Waals surface area contributed by atoms with E-state index in [1.54, 1.807) is 0 Å². The topological polar surface area (TPSA) is 89.5 Å². The number of carbonyl (C=O) groups excluding carboxylic acids is 2. The van der Waals surface area contributed by atoms with E-state index >= 15 is 0 Å². The quantitative estimate of drug-likeness (QED) is 0.475. The van der Waals surface area contributed by atoms with Crippen molar-refractivity contribution in [3.63, 3.8) is 0 Å². The molecule has 1 fully saturated rings. The number of hydrogen-bond donors (Lipinski definition) is 1. The summed E-state index contributed by atoms with van der Waals surface area (Å²) in [5, 5.41) is 0. The minimum atomic E-state index is -4.04. The van der Waals surface area contributed by atoms with Crippen LogP contribution >= 0.6 is 0 Å². The van der Waals surface area contributed by atoms with Gasteiger partial charge in [-0.05, 0) is 62.2 Å². The lowest BCUT2D eigenvalue weighted by Gasteiger charge is -2.09. The Kier molecular flexibility index (Phi) is 4.88. The Balaban J connectivity index is 1.81. The average molecular weight is 377 g/mol. The fourth-order valence-electron chi connectivity index (χ4n) is 2.24. The molecule has 0 aliphatic heterocycles. The van der Waals surface area contributed by atoms with Crippen molar-refractivity contribution < 1.29 is 27.1 Å². The van der Waals surface area contributed by atoms with E-state index in [-0.39, 0.29) is 23.1 Å². The van der Waals surface area contributed by atoms with Gasteiger partial charge in [-0.25, -0.2) is 22.3 Å². The van der Waals surface area contributed by atoms with Gasteiger partial charge in [0.15, 0.2) is 5.78 Å². The summed E-state index contributed by atoms with van der Waals surface area (Å²) in [7, 11) is -4.04. The van der Waals surface area contributed by atoms with E-state index in [9.17, 15) is 22.4 Å². The number of hydrogen-bond acceptors (Lipinski definition) is 5. The third-order valence-electron chi connectivity index (χ3n) is 3.83. The Bertz CT molecular complexity index is 966. The van der Waals surface area contributed by atoms with Gasteiger partial charge in [-0.2, -0.15) is 0 Å². The van der Waals surface area contributed by atoms with E-state index in [0.717, 1.165) is 18.2 Å². The van der Waals surface area contributed by atoms with Gasteiger partial charge in [0, 0.05) is 11.6 Å². The number of nitrogens with one attached hydrogen (secondary N) is 1. The monoisotopic (exact) mass is 377 g/mol. The molecule has 136 valence electrons. The number of carbonyl (C=O) groups is 2. The summed E-state index contributed by atoms with van der Waals surface area (Å²) in [4.78, 5) is 22.9. The fraction of sp³-hybridized carbons (Fsp3) is 0.222. The highest BCUT2D eigenvalue weighted by molar-refractivity contribution is 7.89. The van der Waals surface area contributed by atoms with Gasteiger partial charge in [-0.3, -0.25) is 4.79 Å². The van der Waals surface area contributed by atoms with Crippen LogP contribution in [0.4, 0.5) is 4.39 Å². The molecule has 2 aromatic carbocycles. The van der Waals surface area contributed by atoms with E-state index < -0.39 is 26.7 Å². The molecule has 2 aromatic rings. The van der Waals surface area contributed by atoms with Crippen LogP contribution in [0, 0.1) is 5.82 Å². The lowest BCUT2D eigenvalue weighted by molar-refractivity contribution is 0.0734. The Morgan fingerprint density at radius 1 is 1.08 bits per heavy atom. The summed E-state index contributed by atoms with van der Waals surface area (Å²) in [6.45, 7) is 1.41. The molecule has 3 rings (SSSR count). The molecule has 1 saturated carbocycles. The number of esters is 1. The minimum Gasteiger partial charge on any atom is -0.423 e. The van der Waals surface area contributed by atoms with Crippen LogP contribution in [-0.4, -0.2) is 26.2 Å². The van der Waals surface area contributed by atoms with E-state index in [4.69, 9.17) is 4.74 Å². The molecule has 8 heteroatoms. The molecule has 0 amide bonds. The van der Waals surface area contributed by atoms with Gasteiger partial charge in [0.25, 0.3) is 0 Å². The molecule has 6 nitrogen and oxygen atoms in total. The molecule has 1 aliphatic carbocycles. The van der Waals surface area contributed by atoms with Gasteiger partial charge in [-0.1, -0.05) is 0 Å². The molecular formula is C18H16FNO5S. The van der Waals surface area contributed by atoms with E-state index in [2.05, 4.69) is 4.72 Å². The average Bonchev–Trinajstić information content (AvgIpc) is 3.38. The molecule has 0 saturated heterocycles. The highest BCUT2D eigenvalue weighted by Crippen LogP contribution is 2.24. The molecule has 0 spiro atoms. The maximum absolute atomic E-state index is 13.9. The molecule has 0 heterocycles. The third-order valence-corrected chi connectivity index (χ3v) is 5.36. The van der Waals surface area contributed by atoms with Crippen LogP contribution in [0.15, 0.2) is 47.4 Å². The number of ether oxygens (including phenoxy) is 1. The summed E-state index contributed by atoms with van der Waals surface area (Å²) in [6.07, 6.45) is 1.41. The number of rotatable bonds is 6. The molecule has 1 N–H and O–H groups in total. The summed E-state index contributed by atoms with van der Waals surface area (Å²) in [6, 6.07) is 8.74. The van der Waals surface area contributed by atoms with Crippen LogP contribution in [0.2, 0.25) is 0 Å². The van der Waals surface area contributed by atoms with Crippen molar-refractivity contribution >= 4 is 21.8 Å². The van der Waals surface area contributed by atoms with Crippen molar-refractivity contribution in [2.24, 2.45) is 0 Å². The summed E-state index contributed by atoms with van der Waals surface area (Å²) in [5.74, 6) is -1.71. The number of ketones is 1.